The molecular weight excluding hydrogens is 296 g/mol. The summed E-state index contributed by atoms with van der Waals surface area (Å²) in [5, 5.41) is 33.6. The monoisotopic (exact) mass is 324 g/mol. The van der Waals surface area contributed by atoms with Crippen molar-refractivity contribution in [3.05, 3.63) is 0 Å². The van der Waals surface area contributed by atoms with Crippen molar-refractivity contribution in [2.75, 3.05) is 40.0 Å². The third kappa shape index (κ3) is 10.0. The number of likely N-dealkylation sites (N-methyl/N-ethyl adjacent to an activating group) is 1. The zero-order chi connectivity index (χ0) is 17.0. The number of aliphatic hydroxyl groups is 3. The quantitative estimate of drug-likeness (QED) is 0.190. The van der Waals surface area contributed by atoms with E-state index in [2.05, 4.69) is 10.6 Å². The van der Waals surface area contributed by atoms with Gasteiger partial charge < -0.3 is 40.2 Å². The van der Waals surface area contributed by atoms with Crippen LogP contribution in [0.2, 0.25) is 0 Å². The molecule has 0 aliphatic rings. The highest BCUT2D eigenvalue weighted by Gasteiger charge is 2.27. The van der Waals surface area contributed by atoms with Gasteiger partial charge in [-0.1, -0.05) is 0 Å². The van der Waals surface area contributed by atoms with E-state index in [0.717, 1.165) is 0 Å². The number of hydrogen-bond acceptors (Lipinski definition) is 8. The van der Waals surface area contributed by atoms with E-state index in [1.54, 1.807) is 7.05 Å². The molecule has 4 unspecified atom stereocenters. The van der Waals surface area contributed by atoms with Crippen LogP contribution in [0.25, 0.3) is 0 Å². The second kappa shape index (κ2) is 12.7. The zero-order valence-corrected chi connectivity index (χ0v) is 13.3. The Hall–Kier alpha value is -0.810. The van der Waals surface area contributed by atoms with Crippen LogP contribution in [0.15, 0.2) is 0 Å². The summed E-state index contributed by atoms with van der Waals surface area (Å²) in [7, 11) is 1.80. The van der Waals surface area contributed by atoms with Gasteiger partial charge in [-0.05, 0) is 14.0 Å². The molecule has 132 valence electrons. The fourth-order valence-corrected chi connectivity index (χ4v) is 1.46. The zero-order valence-electron chi connectivity index (χ0n) is 13.3. The largest absolute Gasteiger partial charge is 0.394 e. The maximum atomic E-state index is 11.0. The van der Waals surface area contributed by atoms with Gasteiger partial charge in [0.2, 0.25) is 12.2 Å². The van der Waals surface area contributed by atoms with Crippen LogP contribution in [-0.4, -0.2) is 86.0 Å². The second-order valence-corrected chi connectivity index (χ2v) is 4.70. The fourth-order valence-electron chi connectivity index (χ4n) is 1.46. The first-order chi connectivity index (χ1) is 10.4. The van der Waals surface area contributed by atoms with Gasteiger partial charge in [-0.2, -0.15) is 0 Å². The lowest BCUT2D eigenvalue weighted by atomic mass is 10.2. The number of aliphatic hydroxyl groups excluding tert-OH is 3. The highest BCUT2D eigenvalue weighted by atomic mass is 16.7. The number of carbonyl (C=O) groups excluding carboxylic acids is 1. The van der Waals surface area contributed by atoms with Crippen LogP contribution in [0.5, 0.6) is 0 Å². The molecule has 0 rings (SSSR count). The van der Waals surface area contributed by atoms with Crippen LogP contribution in [0, 0.1) is 0 Å². The van der Waals surface area contributed by atoms with Crippen molar-refractivity contribution >= 4 is 5.91 Å². The molecule has 0 aromatic carbocycles. The number of carbonyl (C=O) groups is 1. The molecule has 0 aromatic rings. The van der Waals surface area contributed by atoms with E-state index in [-0.39, 0.29) is 13.2 Å². The molecule has 0 saturated heterocycles. The van der Waals surface area contributed by atoms with Crippen molar-refractivity contribution in [1.29, 1.82) is 0 Å². The van der Waals surface area contributed by atoms with E-state index < -0.39 is 37.2 Å². The summed E-state index contributed by atoms with van der Waals surface area (Å²) in [5.74, 6) is -0.465. The summed E-state index contributed by atoms with van der Waals surface area (Å²) >= 11 is 0. The van der Waals surface area contributed by atoms with Gasteiger partial charge in [-0.3, -0.25) is 4.79 Å². The predicted molar refractivity (Wildman–Crippen MR) is 77.9 cm³/mol. The van der Waals surface area contributed by atoms with Gasteiger partial charge >= 0.3 is 0 Å². The summed E-state index contributed by atoms with van der Waals surface area (Å²) in [6.45, 7) is 3.80. The van der Waals surface area contributed by atoms with Gasteiger partial charge in [0.15, 0.2) is 6.23 Å². The van der Waals surface area contributed by atoms with E-state index in [4.69, 9.17) is 19.3 Å². The lowest BCUT2D eigenvalue weighted by Crippen LogP contribution is -2.48. The van der Waals surface area contributed by atoms with Gasteiger partial charge in [0.1, 0.15) is 6.10 Å². The Morgan fingerprint density at radius 1 is 1.23 bits per heavy atom. The Bertz CT molecular complexity index is 292. The van der Waals surface area contributed by atoms with Crippen LogP contribution in [0.4, 0.5) is 0 Å². The lowest BCUT2D eigenvalue weighted by Gasteiger charge is -2.28. The van der Waals surface area contributed by atoms with Gasteiger partial charge in [-0.25, -0.2) is 0 Å². The molecule has 0 heterocycles. The Labute approximate surface area is 130 Å². The Morgan fingerprint density at radius 2 is 1.91 bits per heavy atom. The fraction of sp³-hybridized carbons (Fsp3) is 0.923. The number of hydrogen-bond donors (Lipinski definition) is 5. The van der Waals surface area contributed by atoms with E-state index in [0.29, 0.717) is 13.2 Å². The Kier molecular flexibility index (Phi) is 12.2. The normalized spacial score (nSPS) is 16.8. The minimum atomic E-state index is -1.43. The smallest absolute Gasteiger partial charge is 0.218 e. The third-order valence-electron chi connectivity index (χ3n) is 2.64. The first-order valence-corrected chi connectivity index (χ1v) is 7.15. The lowest BCUT2D eigenvalue weighted by molar-refractivity contribution is -0.243. The molecule has 0 spiro atoms. The van der Waals surface area contributed by atoms with Crippen molar-refractivity contribution in [2.45, 2.75) is 38.6 Å². The van der Waals surface area contributed by atoms with Crippen LogP contribution in [0.3, 0.4) is 0 Å². The number of rotatable bonds is 13. The Morgan fingerprint density at radius 3 is 2.41 bits per heavy atom. The summed E-state index contributed by atoms with van der Waals surface area (Å²) < 4.78 is 15.9. The summed E-state index contributed by atoms with van der Waals surface area (Å²) in [6, 6.07) is 0. The van der Waals surface area contributed by atoms with Gasteiger partial charge in [-0.15, -0.1) is 0 Å². The molecule has 9 heteroatoms. The molecule has 0 fully saturated rings. The maximum absolute atomic E-state index is 11.0. The average molecular weight is 324 g/mol. The van der Waals surface area contributed by atoms with Gasteiger partial charge in [0, 0.05) is 13.5 Å². The van der Waals surface area contributed by atoms with Crippen LogP contribution < -0.4 is 10.6 Å². The minimum Gasteiger partial charge on any atom is -0.394 e. The van der Waals surface area contributed by atoms with Crippen molar-refractivity contribution in [3.63, 3.8) is 0 Å². The van der Waals surface area contributed by atoms with Gasteiger partial charge in [0.25, 0.3) is 0 Å². The number of nitrogens with one attached hydrogen (secondary N) is 2. The maximum Gasteiger partial charge on any atom is 0.218 e. The molecule has 0 aliphatic heterocycles. The van der Waals surface area contributed by atoms with Crippen LogP contribution in [-0.2, 0) is 19.0 Å². The van der Waals surface area contributed by atoms with Crippen molar-refractivity contribution in [2.24, 2.45) is 0 Å². The standard InChI is InChI=1S/C13H28N2O7/c1-9(17)11(8-16)22-13(12(19)15-10(2)18)21-7-6-20-5-4-14-3/h9,11-14,16-17,19H,4-8H2,1-3H3,(H,15,18). The first kappa shape index (κ1) is 21.2. The van der Waals surface area contributed by atoms with E-state index >= 15 is 0 Å². The molecule has 0 aliphatic carbocycles. The van der Waals surface area contributed by atoms with Crippen molar-refractivity contribution in [3.8, 4) is 0 Å². The minimum absolute atomic E-state index is 0.114. The molecule has 4 atom stereocenters. The van der Waals surface area contributed by atoms with E-state index in [1.165, 1.54) is 13.8 Å². The summed E-state index contributed by atoms with van der Waals surface area (Å²) in [6.07, 6.45) is -4.57. The Balaban J connectivity index is 4.35. The molecule has 0 aromatic heterocycles. The predicted octanol–water partition coefficient (Wildman–Crippen LogP) is -2.22. The van der Waals surface area contributed by atoms with Crippen LogP contribution >= 0.6 is 0 Å². The van der Waals surface area contributed by atoms with Crippen molar-refractivity contribution in [1.82, 2.24) is 10.6 Å². The van der Waals surface area contributed by atoms with Crippen LogP contribution in [0.1, 0.15) is 13.8 Å². The first-order valence-electron chi connectivity index (χ1n) is 7.15. The molecule has 1 amide bonds. The molecule has 22 heavy (non-hydrogen) atoms. The topological polar surface area (TPSA) is 130 Å². The van der Waals surface area contributed by atoms with Crippen molar-refractivity contribution < 1.29 is 34.3 Å². The molecular formula is C13H28N2O7. The molecule has 9 nitrogen and oxygen atoms in total. The SMILES string of the molecule is CNCCOCCOC(OC(CO)C(C)O)C(O)NC(C)=O. The molecule has 0 radical (unpaired) electrons. The number of ether oxygens (including phenoxy) is 3. The summed E-state index contributed by atoms with van der Waals surface area (Å²) in [5.41, 5.74) is 0. The van der Waals surface area contributed by atoms with E-state index in [9.17, 15) is 15.0 Å². The highest BCUT2D eigenvalue weighted by Crippen LogP contribution is 2.08. The molecule has 0 saturated carbocycles. The average Bonchev–Trinajstić information content (AvgIpc) is 2.44. The molecule has 5 N–H and O–H groups in total. The third-order valence-corrected chi connectivity index (χ3v) is 2.64. The summed E-state index contributed by atoms with van der Waals surface area (Å²) in [4.78, 5) is 11.0. The highest BCUT2D eigenvalue weighted by molar-refractivity contribution is 5.73. The van der Waals surface area contributed by atoms with Gasteiger partial charge in [0.05, 0.1) is 32.5 Å². The second-order valence-electron chi connectivity index (χ2n) is 4.70. The number of amides is 1. The molecule has 0 bridgehead atoms. The van der Waals surface area contributed by atoms with E-state index in [1.807, 2.05) is 0 Å².